The average Bonchev–Trinajstić information content (AvgIpc) is 2.92. The highest BCUT2D eigenvalue weighted by Gasteiger charge is 2.25. The summed E-state index contributed by atoms with van der Waals surface area (Å²) < 4.78 is 0. The number of H-pyrrole nitrogens is 1. The zero-order valence-corrected chi connectivity index (χ0v) is 11.8. The predicted molar refractivity (Wildman–Crippen MR) is 81.8 cm³/mol. The SMILES string of the molecule is C=CCN1CC(Nc2ncnc3[nH]ccc23)CCC1C. The first kappa shape index (κ1) is 13.1. The Morgan fingerprint density at radius 1 is 1.50 bits per heavy atom. The molecule has 0 spiro atoms. The predicted octanol–water partition coefficient (Wildman–Crippen LogP) is 2.41. The molecule has 3 rings (SSSR count). The van der Waals surface area contributed by atoms with Gasteiger partial charge < -0.3 is 10.3 Å². The Balaban J connectivity index is 1.74. The van der Waals surface area contributed by atoms with E-state index >= 15 is 0 Å². The van der Waals surface area contributed by atoms with Gasteiger partial charge in [0.2, 0.25) is 0 Å². The fraction of sp³-hybridized carbons (Fsp3) is 0.467. The first-order valence-electron chi connectivity index (χ1n) is 7.17. The standard InChI is InChI=1S/C15H21N5/c1-3-8-20-9-12(5-4-11(20)2)19-15-13-6-7-16-14(13)17-10-18-15/h3,6-7,10-12H,1,4-5,8-9H2,2H3,(H2,16,17,18,19). The summed E-state index contributed by atoms with van der Waals surface area (Å²) in [7, 11) is 0. The van der Waals surface area contributed by atoms with Gasteiger partial charge in [-0.2, -0.15) is 0 Å². The third-order valence-corrected chi connectivity index (χ3v) is 4.07. The third-order valence-electron chi connectivity index (χ3n) is 4.07. The molecule has 2 unspecified atom stereocenters. The molecule has 0 aromatic carbocycles. The van der Waals surface area contributed by atoms with E-state index in [-0.39, 0.29) is 0 Å². The molecule has 106 valence electrons. The lowest BCUT2D eigenvalue weighted by molar-refractivity contribution is 0.168. The van der Waals surface area contributed by atoms with Gasteiger partial charge in [0.25, 0.3) is 0 Å². The summed E-state index contributed by atoms with van der Waals surface area (Å²) in [6, 6.07) is 3.08. The Morgan fingerprint density at radius 2 is 2.40 bits per heavy atom. The maximum Gasteiger partial charge on any atom is 0.142 e. The average molecular weight is 271 g/mol. The number of hydrogen-bond acceptors (Lipinski definition) is 4. The highest BCUT2D eigenvalue weighted by molar-refractivity contribution is 5.86. The van der Waals surface area contributed by atoms with E-state index in [4.69, 9.17) is 0 Å². The Labute approximate surface area is 119 Å². The number of aromatic nitrogens is 3. The number of piperidine rings is 1. The molecular weight excluding hydrogens is 250 g/mol. The minimum atomic E-state index is 0.430. The van der Waals surface area contributed by atoms with E-state index < -0.39 is 0 Å². The van der Waals surface area contributed by atoms with Gasteiger partial charge in [0.15, 0.2) is 0 Å². The lowest BCUT2D eigenvalue weighted by Gasteiger charge is -2.37. The van der Waals surface area contributed by atoms with Gasteiger partial charge in [0.1, 0.15) is 17.8 Å². The van der Waals surface area contributed by atoms with Crippen LogP contribution in [0.1, 0.15) is 19.8 Å². The van der Waals surface area contributed by atoms with E-state index in [0.29, 0.717) is 12.1 Å². The summed E-state index contributed by atoms with van der Waals surface area (Å²) in [6.07, 6.45) is 7.86. The number of anilines is 1. The van der Waals surface area contributed by atoms with Crippen LogP contribution in [-0.4, -0.2) is 45.0 Å². The Kier molecular flexibility index (Phi) is 3.69. The molecule has 1 saturated heterocycles. The molecule has 0 saturated carbocycles. The van der Waals surface area contributed by atoms with Crippen LogP contribution in [-0.2, 0) is 0 Å². The highest BCUT2D eigenvalue weighted by atomic mass is 15.2. The second-order valence-corrected chi connectivity index (χ2v) is 5.47. The third kappa shape index (κ3) is 2.54. The van der Waals surface area contributed by atoms with Crippen molar-refractivity contribution in [3.63, 3.8) is 0 Å². The number of fused-ring (bicyclic) bond motifs is 1. The zero-order valence-electron chi connectivity index (χ0n) is 11.8. The monoisotopic (exact) mass is 271 g/mol. The van der Waals surface area contributed by atoms with E-state index in [0.717, 1.165) is 29.9 Å². The van der Waals surface area contributed by atoms with Crippen LogP contribution in [0.4, 0.5) is 5.82 Å². The van der Waals surface area contributed by atoms with Crippen LogP contribution in [0.3, 0.4) is 0 Å². The van der Waals surface area contributed by atoms with E-state index in [2.05, 4.69) is 38.7 Å². The van der Waals surface area contributed by atoms with Crippen LogP contribution in [0.25, 0.3) is 11.0 Å². The Morgan fingerprint density at radius 3 is 3.25 bits per heavy atom. The van der Waals surface area contributed by atoms with Gasteiger partial charge in [-0.15, -0.1) is 6.58 Å². The molecule has 5 heteroatoms. The molecule has 1 fully saturated rings. The molecule has 0 radical (unpaired) electrons. The van der Waals surface area contributed by atoms with Crippen molar-refractivity contribution < 1.29 is 0 Å². The maximum atomic E-state index is 4.38. The first-order valence-corrected chi connectivity index (χ1v) is 7.17. The van der Waals surface area contributed by atoms with Gasteiger partial charge in [0.05, 0.1) is 5.39 Å². The van der Waals surface area contributed by atoms with Crippen molar-refractivity contribution in [2.45, 2.75) is 31.8 Å². The van der Waals surface area contributed by atoms with Gasteiger partial charge in [-0.05, 0) is 25.8 Å². The molecule has 0 amide bonds. The smallest absolute Gasteiger partial charge is 0.142 e. The Hall–Kier alpha value is -1.88. The van der Waals surface area contributed by atoms with Crippen molar-refractivity contribution in [3.05, 3.63) is 31.2 Å². The number of rotatable bonds is 4. The summed E-state index contributed by atoms with van der Waals surface area (Å²) in [5.41, 5.74) is 0.884. The van der Waals surface area contributed by atoms with Crippen molar-refractivity contribution in [1.29, 1.82) is 0 Å². The normalized spacial score (nSPS) is 23.9. The van der Waals surface area contributed by atoms with Crippen LogP contribution in [0.2, 0.25) is 0 Å². The summed E-state index contributed by atoms with van der Waals surface area (Å²) in [4.78, 5) is 14.2. The van der Waals surface area contributed by atoms with Gasteiger partial charge in [-0.25, -0.2) is 9.97 Å². The molecule has 3 heterocycles. The lowest BCUT2D eigenvalue weighted by Crippen LogP contribution is -2.46. The largest absolute Gasteiger partial charge is 0.365 e. The highest BCUT2D eigenvalue weighted by Crippen LogP contribution is 2.23. The van der Waals surface area contributed by atoms with Gasteiger partial charge >= 0.3 is 0 Å². The number of aromatic amines is 1. The molecular formula is C15H21N5. The molecule has 2 N–H and O–H groups in total. The Bertz CT molecular complexity index is 591. The van der Waals surface area contributed by atoms with Crippen LogP contribution in [0, 0.1) is 0 Å². The molecule has 0 bridgehead atoms. The van der Waals surface area contributed by atoms with Crippen LogP contribution >= 0.6 is 0 Å². The topological polar surface area (TPSA) is 56.8 Å². The number of hydrogen-bond donors (Lipinski definition) is 2. The second-order valence-electron chi connectivity index (χ2n) is 5.47. The minimum Gasteiger partial charge on any atom is -0.365 e. The van der Waals surface area contributed by atoms with Crippen molar-refractivity contribution in [1.82, 2.24) is 19.9 Å². The maximum absolute atomic E-state index is 4.38. The summed E-state index contributed by atoms with van der Waals surface area (Å²) in [6.45, 7) is 8.11. The molecule has 2 atom stereocenters. The fourth-order valence-electron chi connectivity index (χ4n) is 2.90. The molecule has 1 aliphatic rings. The summed E-state index contributed by atoms with van der Waals surface area (Å²) in [5, 5.41) is 4.63. The van der Waals surface area contributed by atoms with E-state index in [1.54, 1.807) is 6.33 Å². The molecule has 20 heavy (non-hydrogen) atoms. The summed E-state index contributed by atoms with van der Waals surface area (Å²) in [5.74, 6) is 0.925. The van der Waals surface area contributed by atoms with Crippen LogP contribution in [0.5, 0.6) is 0 Å². The number of likely N-dealkylation sites (tertiary alicyclic amines) is 1. The van der Waals surface area contributed by atoms with E-state index in [1.165, 1.54) is 12.8 Å². The van der Waals surface area contributed by atoms with Crippen LogP contribution in [0.15, 0.2) is 31.2 Å². The van der Waals surface area contributed by atoms with Crippen LogP contribution < -0.4 is 5.32 Å². The van der Waals surface area contributed by atoms with Crippen molar-refractivity contribution in [3.8, 4) is 0 Å². The summed E-state index contributed by atoms with van der Waals surface area (Å²) >= 11 is 0. The van der Waals surface area contributed by atoms with Gasteiger partial charge in [-0.3, -0.25) is 4.90 Å². The van der Waals surface area contributed by atoms with Gasteiger partial charge in [-0.1, -0.05) is 6.08 Å². The molecule has 0 aliphatic carbocycles. The van der Waals surface area contributed by atoms with Gasteiger partial charge in [0, 0.05) is 31.4 Å². The number of nitrogens with zero attached hydrogens (tertiary/aromatic N) is 3. The first-order chi connectivity index (χ1) is 9.78. The molecule has 5 nitrogen and oxygen atoms in total. The van der Waals surface area contributed by atoms with E-state index in [9.17, 15) is 0 Å². The molecule has 1 aliphatic heterocycles. The van der Waals surface area contributed by atoms with E-state index in [1.807, 2.05) is 18.3 Å². The molecule has 2 aromatic heterocycles. The quantitative estimate of drug-likeness (QED) is 0.838. The fourth-order valence-corrected chi connectivity index (χ4v) is 2.90. The minimum absolute atomic E-state index is 0.430. The zero-order chi connectivity index (χ0) is 13.9. The lowest BCUT2D eigenvalue weighted by atomic mass is 9.99. The number of nitrogens with one attached hydrogen (secondary N) is 2. The molecule has 2 aromatic rings. The van der Waals surface area contributed by atoms with Crippen molar-refractivity contribution in [2.75, 3.05) is 18.4 Å². The van der Waals surface area contributed by atoms with Crippen molar-refractivity contribution >= 4 is 16.9 Å². The second kappa shape index (κ2) is 5.63. The van der Waals surface area contributed by atoms with Crippen molar-refractivity contribution in [2.24, 2.45) is 0 Å².